The third-order valence-corrected chi connectivity index (χ3v) is 6.14. The summed E-state index contributed by atoms with van der Waals surface area (Å²) in [5.74, 6) is 10.9. The lowest BCUT2D eigenvalue weighted by molar-refractivity contribution is 0.191. The Bertz CT molecular complexity index is 618. The average molecular weight is 411 g/mol. The number of hydrazine groups is 2. The summed E-state index contributed by atoms with van der Waals surface area (Å²) in [6, 6.07) is 22.3. The monoisotopic (exact) mass is 410 g/mol. The first-order valence-electron chi connectivity index (χ1n) is 11.2. The molecule has 0 spiro atoms. The van der Waals surface area contributed by atoms with Gasteiger partial charge >= 0.3 is 0 Å². The van der Waals surface area contributed by atoms with Crippen molar-refractivity contribution in [2.24, 2.45) is 11.7 Å². The molecule has 6 nitrogen and oxygen atoms in total. The smallest absolute Gasteiger partial charge is 0.0234 e. The van der Waals surface area contributed by atoms with Gasteiger partial charge in [-0.25, -0.2) is 0 Å². The van der Waals surface area contributed by atoms with Crippen molar-refractivity contribution in [3.63, 3.8) is 0 Å². The summed E-state index contributed by atoms with van der Waals surface area (Å²) < 4.78 is 0. The van der Waals surface area contributed by atoms with Gasteiger partial charge in [-0.2, -0.15) is 0 Å². The fraction of sp³-hybridized carbons (Fsp3) is 0.500. The average Bonchev–Trinajstić information content (AvgIpc) is 2.82. The normalized spacial score (nSPS) is 19.3. The number of nitrogens with zero attached hydrogens (tertiary/aromatic N) is 2. The molecule has 2 heterocycles. The van der Waals surface area contributed by atoms with Crippen molar-refractivity contribution < 1.29 is 0 Å². The molecule has 0 radical (unpaired) electrons. The molecule has 2 aliphatic rings. The molecule has 2 aromatic rings. The molecule has 4 rings (SSSR count). The van der Waals surface area contributed by atoms with E-state index in [1.54, 1.807) is 0 Å². The highest BCUT2D eigenvalue weighted by Crippen LogP contribution is 2.14. The quantitative estimate of drug-likeness (QED) is 0.432. The molecular weight excluding hydrogens is 372 g/mol. The Hall–Kier alpha value is -1.80. The number of piperidine rings is 2. The van der Waals surface area contributed by atoms with Gasteiger partial charge in [-0.15, -0.1) is 0 Å². The fourth-order valence-corrected chi connectivity index (χ4v) is 4.20. The van der Waals surface area contributed by atoms with Crippen LogP contribution in [0.1, 0.15) is 36.8 Å². The van der Waals surface area contributed by atoms with Gasteiger partial charge in [0, 0.05) is 51.4 Å². The first kappa shape index (κ1) is 22.9. The Morgan fingerprint density at radius 2 is 0.933 bits per heavy atom. The van der Waals surface area contributed by atoms with E-state index in [2.05, 4.69) is 81.3 Å². The molecule has 2 saturated heterocycles. The van der Waals surface area contributed by atoms with Crippen molar-refractivity contribution in [1.82, 2.24) is 20.7 Å². The third-order valence-electron chi connectivity index (χ3n) is 6.14. The topological polar surface area (TPSA) is 82.6 Å². The largest absolute Gasteiger partial charge is 0.299 e. The maximum Gasteiger partial charge on any atom is 0.0234 e. The summed E-state index contributed by atoms with van der Waals surface area (Å²) in [6.45, 7) is 6.71. The maximum absolute atomic E-state index is 5.43. The number of hydrogen-bond donors (Lipinski definition) is 4. The van der Waals surface area contributed by atoms with Gasteiger partial charge in [0.25, 0.3) is 0 Å². The Balaban J connectivity index is 0.000000171. The SMILES string of the molecule is NNC1CCN(Cc2ccccc2)CC1.NNC1CCN(Cc2ccccc2)CC1. The number of nitrogens with two attached hydrogens (primary N) is 2. The van der Waals surface area contributed by atoms with Gasteiger partial charge in [-0.1, -0.05) is 60.7 Å². The van der Waals surface area contributed by atoms with Crippen LogP contribution in [0.2, 0.25) is 0 Å². The second kappa shape index (κ2) is 12.8. The van der Waals surface area contributed by atoms with Crippen LogP contribution in [0.3, 0.4) is 0 Å². The molecule has 2 aromatic carbocycles. The molecule has 0 amide bonds. The van der Waals surface area contributed by atoms with Crippen LogP contribution in [0.4, 0.5) is 0 Å². The van der Waals surface area contributed by atoms with Gasteiger partial charge in [0.1, 0.15) is 0 Å². The van der Waals surface area contributed by atoms with Gasteiger partial charge in [0.05, 0.1) is 0 Å². The lowest BCUT2D eigenvalue weighted by Gasteiger charge is -2.31. The lowest BCUT2D eigenvalue weighted by atomic mass is 10.1. The van der Waals surface area contributed by atoms with Crippen LogP contribution in [-0.4, -0.2) is 48.1 Å². The Kier molecular flexibility index (Phi) is 9.76. The molecule has 0 aromatic heterocycles. The van der Waals surface area contributed by atoms with E-state index in [0.29, 0.717) is 12.1 Å². The zero-order chi connectivity index (χ0) is 21.0. The maximum atomic E-state index is 5.43. The van der Waals surface area contributed by atoms with Crippen LogP contribution in [0, 0.1) is 0 Å². The molecular formula is C24H38N6. The number of rotatable bonds is 6. The highest BCUT2D eigenvalue weighted by molar-refractivity contribution is 5.15. The summed E-state index contributed by atoms with van der Waals surface area (Å²) in [5.41, 5.74) is 8.52. The van der Waals surface area contributed by atoms with E-state index in [1.165, 1.54) is 11.1 Å². The van der Waals surface area contributed by atoms with Crippen molar-refractivity contribution >= 4 is 0 Å². The van der Waals surface area contributed by atoms with Crippen molar-refractivity contribution in [1.29, 1.82) is 0 Å². The molecule has 6 N–H and O–H groups in total. The van der Waals surface area contributed by atoms with Gasteiger partial charge in [0.2, 0.25) is 0 Å². The zero-order valence-corrected chi connectivity index (χ0v) is 18.0. The van der Waals surface area contributed by atoms with Crippen LogP contribution in [-0.2, 0) is 13.1 Å². The number of likely N-dealkylation sites (tertiary alicyclic amines) is 2. The Morgan fingerprint density at radius 3 is 1.23 bits per heavy atom. The van der Waals surface area contributed by atoms with Gasteiger partial charge in [0.15, 0.2) is 0 Å². The number of nitrogens with one attached hydrogen (secondary N) is 2. The van der Waals surface area contributed by atoms with Crippen LogP contribution >= 0.6 is 0 Å². The van der Waals surface area contributed by atoms with Crippen molar-refractivity contribution in [3.8, 4) is 0 Å². The van der Waals surface area contributed by atoms with E-state index in [-0.39, 0.29) is 0 Å². The summed E-state index contributed by atoms with van der Waals surface area (Å²) >= 11 is 0. The predicted molar refractivity (Wildman–Crippen MR) is 124 cm³/mol. The van der Waals surface area contributed by atoms with Crippen LogP contribution in [0.25, 0.3) is 0 Å². The van der Waals surface area contributed by atoms with Crippen LogP contribution in [0.15, 0.2) is 60.7 Å². The fourth-order valence-electron chi connectivity index (χ4n) is 4.20. The highest BCUT2D eigenvalue weighted by atomic mass is 15.3. The van der Waals surface area contributed by atoms with E-state index < -0.39 is 0 Å². The number of benzene rings is 2. The molecule has 0 aliphatic carbocycles. The second-order valence-electron chi connectivity index (χ2n) is 8.41. The van der Waals surface area contributed by atoms with Crippen LogP contribution in [0.5, 0.6) is 0 Å². The first-order chi connectivity index (χ1) is 14.8. The van der Waals surface area contributed by atoms with Gasteiger partial charge in [-0.05, 0) is 36.8 Å². The Morgan fingerprint density at radius 1 is 0.600 bits per heavy atom. The minimum atomic E-state index is 0.511. The Labute approximate surface area is 181 Å². The molecule has 2 aliphatic heterocycles. The first-order valence-corrected chi connectivity index (χ1v) is 11.2. The van der Waals surface area contributed by atoms with E-state index in [4.69, 9.17) is 11.7 Å². The van der Waals surface area contributed by atoms with Gasteiger partial charge in [-0.3, -0.25) is 32.3 Å². The molecule has 2 fully saturated rings. The lowest BCUT2D eigenvalue weighted by Crippen LogP contribution is -2.44. The molecule has 164 valence electrons. The van der Waals surface area contributed by atoms with Crippen molar-refractivity contribution in [3.05, 3.63) is 71.8 Å². The van der Waals surface area contributed by atoms with E-state index in [9.17, 15) is 0 Å². The van der Waals surface area contributed by atoms with Gasteiger partial charge < -0.3 is 0 Å². The van der Waals surface area contributed by atoms with E-state index in [1.807, 2.05) is 0 Å². The molecule has 0 unspecified atom stereocenters. The minimum Gasteiger partial charge on any atom is -0.299 e. The number of hydrogen-bond acceptors (Lipinski definition) is 6. The summed E-state index contributed by atoms with van der Waals surface area (Å²) in [4.78, 5) is 4.98. The molecule has 0 bridgehead atoms. The predicted octanol–water partition coefficient (Wildman–Crippen LogP) is 2.23. The molecule has 0 saturated carbocycles. The molecule has 30 heavy (non-hydrogen) atoms. The van der Waals surface area contributed by atoms with E-state index in [0.717, 1.165) is 65.0 Å². The third kappa shape index (κ3) is 7.80. The zero-order valence-electron chi connectivity index (χ0n) is 18.0. The van der Waals surface area contributed by atoms with Crippen molar-refractivity contribution in [2.45, 2.75) is 50.9 Å². The summed E-state index contributed by atoms with van der Waals surface area (Å²) in [5, 5.41) is 0. The molecule has 6 heteroatoms. The second-order valence-corrected chi connectivity index (χ2v) is 8.41. The standard InChI is InChI=1S/2C12H19N3/c2*13-14-12-6-8-15(9-7-12)10-11-4-2-1-3-5-11/h2*1-5,12,14H,6-10,13H2. The van der Waals surface area contributed by atoms with Crippen molar-refractivity contribution in [2.75, 3.05) is 26.2 Å². The molecule has 0 atom stereocenters. The minimum absolute atomic E-state index is 0.511. The summed E-state index contributed by atoms with van der Waals surface area (Å²) in [6.07, 6.45) is 4.62. The highest BCUT2D eigenvalue weighted by Gasteiger charge is 2.18. The van der Waals surface area contributed by atoms with E-state index >= 15 is 0 Å². The summed E-state index contributed by atoms with van der Waals surface area (Å²) in [7, 11) is 0. The van der Waals surface area contributed by atoms with Crippen LogP contribution < -0.4 is 22.5 Å².